The third-order valence-electron chi connectivity index (χ3n) is 3.22. The van der Waals surface area contributed by atoms with Crippen molar-refractivity contribution in [1.29, 1.82) is 0 Å². The van der Waals surface area contributed by atoms with Crippen LogP contribution in [-0.4, -0.2) is 25.8 Å². The molecular formula is C18H29ClN2O3. The van der Waals surface area contributed by atoms with Gasteiger partial charge in [-0.3, -0.25) is 4.79 Å². The molecule has 0 aliphatic heterocycles. The third-order valence-corrected chi connectivity index (χ3v) is 3.58. The minimum absolute atomic E-state index is 0.241. The molecule has 0 radical (unpaired) electrons. The second-order valence-electron chi connectivity index (χ2n) is 5.21. The number of aldehydes is 1. The predicted molar refractivity (Wildman–Crippen MR) is 100 cm³/mol. The second kappa shape index (κ2) is 16.3. The van der Waals surface area contributed by atoms with Gasteiger partial charge in [-0.1, -0.05) is 44.0 Å². The molecule has 1 aromatic rings. The molecule has 1 rings (SSSR count). The van der Waals surface area contributed by atoms with E-state index in [-0.39, 0.29) is 12.3 Å². The van der Waals surface area contributed by atoms with Gasteiger partial charge >= 0.3 is 0 Å². The fraction of sp³-hybridized carbons (Fsp3) is 0.556. The summed E-state index contributed by atoms with van der Waals surface area (Å²) in [5, 5.41) is 6.19. The van der Waals surface area contributed by atoms with Crippen LogP contribution in [0.25, 0.3) is 0 Å². The summed E-state index contributed by atoms with van der Waals surface area (Å²) >= 11 is 5.93. The molecule has 1 amide bonds. The highest BCUT2D eigenvalue weighted by Crippen LogP contribution is 2.17. The van der Waals surface area contributed by atoms with Crippen LogP contribution in [0.2, 0.25) is 5.02 Å². The molecule has 0 saturated heterocycles. The number of hydrogen-bond acceptors (Lipinski definition) is 4. The van der Waals surface area contributed by atoms with Gasteiger partial charge < -0.3 is 10.1 Å². The highest BCUT2D eigenvalue weighted by atomic mass is 35.5. The van der Waals surface area contributed by atoms with Crippen molar-refractivity contribution in [3.63, 3.8) is 0 Å². The van der Waals surface area contributed by atoms with E-state index in [9.17, 15) is 9.70 Å². The number of nitrogens with zero attached hydrogens (tertiary/aromatic N) is 1. The second-order valence-corrected chi connectivity index (χ2v) is 5.61. The van der Waals surface area contributed by atoms with E-state index in [1.54, 1.807) is 0 Å². The summed E-state index contributed by atoms with van der Waals surface area (Å²) in [5.74, 6) is -0.308. The van der Waals surface area contributed by atoms with Crippen LogP contribution in [0.15, 0.2) is 23.4 Å². The molecule has 0 bridgehead atoms. The summed E-state index contributed by atoms with van der Waals surface area (Å²) in [6.45, 7) is 8.35. The number of amides is 1. The topological polar surface area (TPSA) is 75.6 Å². The van der Waals surface area contributed by atoms with E-state index < -0.39 is 5.91 Å². The van der Waals surface area contributed by atoms with Gasteiger partial charge in [0.05, 0.1) is 0 Å². The molecule has 5 nitrogen and oxygen atoms in total. The molecule has 1 aromatic carbocycles. The van der Waals surface area contributed by atoms with Gasteiger partial charge in [0.1, 0.15) is 6.29 Å². The molecule has 0 heterocycles. The van der Waals surface area contributed by atoms with Gasteiger partial charge in [0.25, 0.3) is 5.91 Å². The number of rotatable bonds is 6. The van der Waals surface area contributed by atoms with Crippen molar-refractivity contribution in [2.24, 2.45) is 11.1 Å². The number of benzene rings is 1. The van der Waals surface area contributed by atoms with Crippen molar-refractivity contribution in [2.75, 3.05) is 13.6 Å². The van der Waals surface area contributed by atoms with Crippen molar-refractivity contribution >= 4 is 23.8 Å². The summed E-state index contributed by atoms with van der Waals surface area (Å²) in [5.41, 5.74) is 2.45. The average molecular weight is 357 g/mol. The van der Waals surface area contributed by atoms with Crippen molar-refractivity contribution in [1.82, 2.24) is 5.32 Å². The fourth-order valence-corrected chi connectivity index (χ4v) is 2.24. The Labute approximate surface area is 150 Å². The zero-order chi connectivity index (χ0) is 19.0. The monoisotopic (exact) mass is 356 g/mol. The minimum atomic E-state index is -0.549. The van der Waals surface area contributed by atoms with Crippen molar-refractivity contribution in [3.8, 4) is 0 Å². The van der Waals surface area contributed by atoms with Gasteiger partial charge in [-0.2, -0.15) is 0 Å². The summed E-state index contributed by atoms with van der Waals surface area (Å²) in [6, 6.07) is 6.17. The minimum Gasteiger partial charge on any atom is -0.319 e. The number of carbonyl (C=O) groups is 2. The first-order valence-electron chi connectivity index (χ1n) is 8.05. The Morgan fingerprint density at radius 1 is 1.38 bits per heavy atom. The number of carbonyl (C=O) groups excluding carboxylic acids is 2. The average Bonchev–Trinajstić information content (AvgIpc) is 2.55. The third kappa shape index (κ3) is 12.9. The zero-order valence-corrected chi connectivity index (χ0v) is 16.0. The van der Waals surface area contributed by atoms with Crippen molar-refractivity contribution < 1.29 is 9.59 Å². The zero-order valence-electron chi connectivity index (χ0n) is 15.3. The number of aryl methyl sites for hydroxylation is 2. The van der Waals surface area contributed by atoms with Crippen LogP contribution in [0.4, 0.5) is 0 Å². The Balaban J connectivity index is 0. The summed E-state index contributed by atoms with van der Waals surface area (Å²) in [7, 11) is 1.82. The number of halogens is 1. The first kappa shape index (κ1) is 24.7. The van der Waals surface area contributed by atoms with Gasteiger partial charge in [0.2, 0.25) is 0 Å². The Hall–Kier alpha value is -1.59. The van der Waals surface area contributed by atoms with Crippen LogP contribution in [-0.2, 0) is 16.0 Å². The lowest BCUT2D eigenvalue weighted by Gasteiger charge is -2.09. The van der Waals surface area contributed by atoms with Gasteiger partial charge in [-0.05, 0) is 57.0 Å². The van der Waals surface area contributed by atoms with E-state index in [2.05, 4.69) is 29.6 Å². The molecule has 6 heteroatoms. The Morgan fingerprint density at radius 3 is 2.33 bits per heavy atom. The molecule has 0 aromatic heterocycles. The van der Waals surface area contributed by atoms with E-state index in [0.29, 0.717) is 0 Å². The van der Waals surface area contributed by atoms with Crippen molar-refractivity contribution in [3.05, 3.63) is 39.3 Å². The molecule has 0 saturated carbocycles. The molecule has 1 unspecified atom stereocenters. The van der Waals surface area contributed by atoms with Gasteiger partial charge in [-0.25, -0.2) is 0 Å². The maximum atomic E-state index is 10.5. The molecule has 1 atom stereocenters. The summed E-state index contributed by atoms with van der Waals surface area (Å²) < 4.78 is 0. The normalized spacial score (nSPS) is 10.4. The van der Waals surface area contributed by atoms with Crippen LogP contribution in [0, 0.1) is 17.7 Å². The van der Waals surface area contributed by atoms with Gasteiger partial charge in [-0.15, -0.1) is 4.91 Å². The highest BCUT2D eigenvalue weighted by Gasteiger charge is 2.10. The van der Waals surface area contributed by atoms with E-state index in [4.69, 9.17) is 16.4 Å². The Kier molecular flexibility index (Phi) is 16.7. The lowest BCUT2D eigenvalue weighted by molar-refractivity contribution is -0.118. The smallest absolute Gasteiger partial charge is 0.286 e. The van der Waals surface area contributed by atoms with Gasteiger partial charge in [0, 0.05) is 16.6 Å². The highest BCUT2D eigenvalue weighted by molar-refractivity contribution is 6.31. The molecule has 0 spiro atoms. The largest absolute Gasteiger partial charge is 0.319 e. The standard InChI is InChI=1S/C9H11Cl.C7H14N2O2.C2H4O/c1-3-8-5-4-7(2)6-9(8)10;1-3-6(5-8-2)4-7(10)9-11;1-2-3/h4-6H,3H2,1-2H3;6,8H,3-5H2,1-2H3;2H,1H3. The molecular weight excluding hydrogens is 328 g/mol. The van der Waals surface area contributed by atoms with Crippen LogP contribution < -0.4 is 5.32 Å². The van der Waals surface area contributed by atoms with Crippen LogP contribution in [0.1, 0.15) is 44.7 Å². The van der Waals surface area contributed by atoms with Crippen molar-refractivity contribution in [2.45, 2.75) is 47.0 Å². The number of hydrogen-bond donors (Lipinski definition) is 1. The molecule has 0 aliphatic carbocycles. The quantitative estimate of drug-likeness (QED) is 0.608. The molecule has 0 fully saturated rings. The van der Waals surface area contributed by atoms with Crippen LogP contribution in [0.3, 0.4) is 0 Å². The predicted octanol–water partition coefficient (Wildman–Crippen LogP) is 4.33. The first-order valence-corrected chi connectivity index (χ1v) is 8.43. The fourth-order valence-electron chi connectivity index (χ4n) is 1.87. The SMILES string of the molecule is CC=O.CCC(CNC)CC(=O)N=O.CCc1ccc(C)cc1Cl. The van der Waals surface area contributed by atoms with Crippen LogP contribution >= 0.6 is 11.6 Å². The Morgan fingerprint density at radius 2 is 1.96 bits per heavy atom. The van der Waals surface area contributed by atoms with Crippen LogP contribution in [0.5, 0.6) is 0 Å². The summed E-state index contributed by atoms with van der Waals surface area (Å²) in [6.07, 6.45) is 2.92. The van der Waals surface area contributed by atoms with E-state index >= 15 is 0 Å². The molecule has 1 N–H and O–H groups in total. The maximum absolute atomic E-state index is 10.5. The van der Waals surface area contributed by atoms with E-state index in [1.807, 2.05) is 27.0 Å². The van der Waals surface area contributed by atoms with E-state index in [0.717, 1.165) is 30.7 Å². The maximum Gasteiger partial charge on any atom is 0.286 e. The van der Waals surface area contributed by atoms with Gasteiger partial charge in [0.15, 0.2) is 0 Å². The lowest BCUT2D eigenvalue weighted by Crippen LogP contribution is -2.20. The molecule has 0 aliphatic rings. The first-order chi connectivity index (χ1) is 11.4. The lowest BCUT2D eigenvalue weighted by atomic mass is 10.0. The number of nitrogens with one attached hydrogen (secondary N) is 1. The molecule has 24 heavy (non-hydrogen) atoms. The number of nitroso groups, excluding NO2 is 1. The summed E-state index contributed by atoms with van der Waals surface area (Å²) in [4.78, 5) is 29.1. The Bertz CT molecular complexity index is 493. The van der Waals surface area contributed by atoms with E-state index in [1.165, 1.54) is 18.1 Å². The molecule has 136 valence electrons.